The number of methoxy groups -OCH3 is 2. The number of amides is 4. The van der Waals surface area contributed by atoms with E-state index in [2.05, 4.69) is 72.0 Å². The fourth-order valence-electron chi connectivity index (χ4n) is 7.47. The van der Waals surface area contributed by atoms with E-state index in [1.54, 1.807) is 6.20 Å². The number of pyridine rings is 1. The third kappa shape index (κ3) is 9.75. The van der Waals surface area contributed by atoms with Gasteiger partial charge < -0.3 is 40.3 Å². The standard InChI is InChI=1S/C39H45N9O6.C4H8/c1-53-38(51)43-22-34(49)40-15-4-3-10-33-42-20-30(44-33)27-14-12-24-17-26(13-11-25(24)18-27)28-19-29-31(21-41-28)46-36(45-29)32-9-6-16-48(32)37(50)35(23-7-5-8-23)47-39(52)54-2;1-2-4-3-1/h11-14,17-21,23,32,35H,3-10,15-16,22H2,1-2H3,(H,40,49)(H,42,44)(H,43,51)(H,45,46)(H,47,52);1-4H2. The Morgan fingerprint density at radius 2 is 1.55 bits per heavy atom. The second kappa shape index (κ2) is 19.0. The second-order valence-electron chi connectivity index (χ2n) is 15.3. The van der Waals surface area contributed by atoms with Gasteiger partial charge in [-0.3, -0.25) is 14.6 Å². The van der Waals surface area contributed by atoms with E-state index in [1.165, 1.54) is 39.9 Å². The van der Waals surface area contributed by atoms with Gasteiger partial charge >= 0.3 is 12.2 Å². The fraction of sp³-hybridized carbons (Fsp3) is 0.465. The van der Waals surface area contributed by atoms with Crippen LogP contribution >= 0.6 is 0 Å². The number of hydrogen-bond acceptors (Lipinski definition) is 9. The molecule has 5 N–H and O–H groups in total. The normalized spacial score (nSPS) is 16.7. The van der Waals surface area contributed by atoms with Gasteiger partial charge in [0.25, 0.3) is 0 Å². The Labute approximate surface area is 337 Å². The van der Waals surface area contributed by atoms with Crippen LogP contribution in [0.2, 0.25) is 0 Å². The number of imidazole rings is 2. The van der Waals surface area contributed by atoms with Crippen molar-refractivity contribution in [2.75, 3.05) is 33.9 Å². The van der Waals surface area contributed by atoms with E-state index in [1.807, 2.05) is 17.2 Å². The van der Waals surface area contributed by atoms with Crippen LogP contribution in [0.3, 0.4) is 0 Å². The number of unbranched alkanes of at least 4 members (excludes halogenated alkanes) is 1. The molecule has 0 radical (unpaired) electrons. The maximum atomic E-state index is 13.8. The molecule has 2 atom stereocenters. The minimum atomic E-state index is -0.638. The summed E-state index contributed by atoms with van der Waals surface area (Å²) in [5.41, 5.74) is 5.31. The van der Waals surface area contributed by atoms with Gasteiger partial charge in [-0.05, 0) is 73.4 Å². The minimum Gasteiger partial charge on any atom is -0.453 e. The molecule has 15 nitrogen and oxygen atoms in total. The largest absolute Gasteiger partial charge is 0.453 e. The lowest BCUT2D eigenvalue weighted by molar-refractivity contribution is -0.136. The Balaban J connectivity index is 0.00000121. The summed E-state index contributed by atoms with van der Waals surface area (Å²) in [5.74, 6) is 1.38. The summed E-state index contributed by atoms with van der Waals surface area (Å²) in [7, 11) is 2.56. The van der Waals surface area contributed by atoms with E-state index in [-0.39, 0.29) is 30.3 Å². The van der Waals surface area contributed by atoms with Gasteiger partial charge in [0.15, 0.2) is 0 Å². The van der Waals surface area contributed by atoms with Crippen molar-refractivity contribution in [1.82, 2.24) is 45.8 Å². The van der Waals surface area contributed by atoms with Gasteiger partial charge in [-0.25, -0.2) is 19.6 Å². The highest BCUT2D eigenvalue weighted by Crippen LogP contribution is 2.36. The number of ether oxygens (including phenoxy) is 2. The molecular weight excluding hydrogens is 739 g/mol. The molecule has 0 spiro atoms. The maximum absolute atomic E-state index is 13.8. The number of nitrogens with zero attached hydrogens (tertiary/aromatic N) is 4. The molecule has 5 aromatic rings. The summed E-state index contributed by atoms with van der Waals surface area (Å²) in [4.78, 5) is 71.7. The minimum absolute atomic E-state index is 0.0807. The van der Waals surface area contributed by atoms with Crippen LogP contribution in [0.4, 0.5) is 9.59 Å². The van der Waals surface area contributed by atoms with E-state index in [0.29, 0.717) is 13.1 Å². The summed E-state index contributed by atoms with van der Waals surface area (Å²) in [5, 5.41) is 10.1. The highest BCUT2D eigenvalue weighted by molar-refractivity contribution is 5.91. The smallest absolute Gasteiger partial charge is 0.407 e. The van der Waals surface area contributed by atoms with Gasteiger partial charge in [0, 0.05) is 30.6 Å². The first-order valence-electron chi connectivity index (χ1n) is 20.5. The van der Waals surface area contributed by atoms with Crippen molar-refractivity contribution in [3.05, 3.63) is 66.5 Å². The van der Waals surface area contributed by atoms with Crippen LogP contribution < -0.4 is 16.0 Å². The molecule has 2 saturated carbocycles. The van der Waals surface area contributed by atoms with Crippen LogP contribution in [0.25, 0.3) is 44.3 Å². The molecule has 2 aromatic carbocycles. The molecule has 58 heavy (non-hydrogen) atoms. The lowest BCUT2D eigenvalue weighted by atomic mass is 9.79. The summed E-state index contributed by atoms with van der Waals surface area (Å²) < 4.78 is 9.28. The van der Waals surface area contributed by atoms with Crippen molar-refractivity contribution >= 4 is 45.8 Å². The number of nitrogens with one attached hydrogen (secondary N) is 5. The zero-order valence-corrected chi connectivity index (χ0v) is 33.3. The number of aryl methyl sites for hydroxylation is 1. The first-order chi connectivity index (χ1) is 28.3. The molecule has 3 aliphatic rings. The maximum Gasteiger partial charge on any atom is 0.407 e. The zero-order chi connectivity index (χ0) is 40.4. The number of hydrogen-bond donors (Lipinski definition) is 5. The van der Waals surface area contributed by atoms with Crippen LogP contribution in [0, 0.1) is 5.92 Å². The number of aromatic amines is 2. The number of rotatable bonds is 13. The van der Waals surface area contributed by atoms with Crippen molar-refractivity contribution < 1.29 is 28.7 Å². The third-order valence-corrected chi connectivity index (χ3v) is 11.4. The van der Waals surface area contributed by atoms with Crippen molar-refractivity contribution in [1.29, 1.82) is 0 Å². The molecular formula is C43H53N9O6. The highest BCUT2D eigenvalue weighted by atomic mass is 16.5. The number of carbonyl (C=O) groups is 4. The zero-order valence-electron chi connectivity index (χ0n) is 33.3. The number of fused-ring (bicyclic) bond motifs is 2. The van der Waals surface area contributed by atoms with Crippen molar-refractivity contribution in [2.45, 2.75) is 89.1 Å². The van der Waals surface area contributed by atoms with Crippen molar-refractivity contribution in [3.63, 3.8) is 0 Å². The average molecular weight is 792 g/mol. The first kappa shape index (κ1) is 40.2. The van der Waals surface area contributed by atoms with Crippen LogP contribution in [0.5, 0.6) is 0 Å². The van der Waals surface area contributed by atoms with Crippen molar-refractivity contribution in [2.24, 2.45) is 5.92 Å². The number of carbonyl (C=O) groups excluding carboxylic acids is 4. The summed E-state index contributed by atoms with van der Waals surface area (Å²) in [6.45, 7) is 1.00. The van der Waals surface area contributed by atoms with Gasteiger partial charge in [-0.1, -0.05) is 56.4 Å². The SMILES string of the molecule is C1CCC1.COC(=O)NCC(=O)NCCCCc1ncc(-c2ccc3cc(-c4cc5nc(C6CCCN6C(=O)C(NC(=O)OC)C6CCC6)[nH]c5cn4)ccc3c2)[nH]1. The Bertz CT molecular complexity index is 2220. The van der Waals surface area contributed by atoms with Crippen LogP contribution in [-0.4, -0.2) is 93.7 Å². The van der Waals surface area contributed by atoms with E-state index in [0.717, 1.165) is 107 Å². The molecule has 8 rings (SSSR count). The second-order valence-corrected chi connectivity index (χ2v) is 15.3. The van der Waals surface area contributed by atoms with Gasteiger partial charge in [-0.15, -0.1) is 0 Å². The molecule has 3 fully saturated rings. The molecule has 4 amide bonds. The molecule has 306 valence electrons. The number of benzene rings is 2. The quantitative estimate of drug-likeness (QED) is 0.0805. The molecule has 0 bridgehead atoms. The molecule has 2 unspecified atom stereocenters. The average Bonchev–Trinajstić information content (AvgIpc) is 3.97. The topological polar surface area (TPSA) is 196 Å². The van der Waals surface area contributed by atoms with E-state index < -0.39 is 18.2 Å². The molecule has 1 saturated heterocycles. The predicted molar refractivity (Wildman–Crippen MR) is 220 cm³/mol. The van der Waals surface area contributed by atoms with Crippen molar-refractivity contribution in [3.8, 4) is 22.5 Å². The first-order valence-corrected chi connectivity index (χ1v) is 20.5. The van der Waals surface area contributed by atoms with Gasteiger partial charge in [-0.2, -0.15) is 0 Å². The summed E-state index contributed by atoms with van der Waals surface area (Å²) >= 11 is 0. The van der Waals surface area contributed by atoms with Crippen LogP contribution in [-0.2, 0) is 25.5 Å². The Morgan fingerprint density at radius 3 is 2.26 bits per heavy atom. The molecule has 4 heterocycles. The number of H-pyrrole nitrogens is 2. The van der Waals surface area contributed by atoms with E-state index in [9.17, 15) is 19.2 Å². The lowest BCUT2D eigenvalue weighted by Gasteiger charge is -2.36. The molecule has 2 aliphatic carbocycles. The fourth-order valence-corrected chi connectivity index (χ4v) is 7.47. The van der Waals surface area contributed by atoms with Gasteiger partial charge in [0.2, 0.25) is 11.8 Å². The summed E-state index contributed by atoms with van der Waals surface area (Å²) in [6.07, 6.45) is 15.3. The highest BCUT2D eigenvalue weighted by Gasteiger charge is 2.41. The van der Waals surface area contributed by atoms with Gasteiger partial charge in [0.05, 0.1) is 61.6 Å². The van der Waals surface area contributed by atoms with Crippen LogP contribution in [0.15, 0.2) is 54.9 Å². The third-order valence-electron chi connectivity index (χ3n) is 11.4. The van der Waals surface area contributed by atoms with E-state index >= 15 is 0 Å². The predicted octanol–water partition coefficient (Wildman–Crippen LogP) is 6.71. The number of aromatic nitrogens is 5. The summed E-state index contributed by atoms with van der Waals surface area (Å²) in [6, 6.07) is 13.7. The van der Waals surface area contributed by atoms with E-state index in [4.69, 9.17) is 14.7 Å². The monoisotopic (exact) mass is 791 g/mol. The molecule has 1 aliphatic heterocycles. The lowest BCUT2D eigenvalue weighted by Crippen LogP contribution is -2.53. The number of likely N-dealkylation sites (tertiary alicyclic amines) is 1. The Hall–Kier alpha value is -5.99. The molecule has 3 aromatic heterocycles. The number of alkyl carbamates (subject to hydrolysis) is 2. The molecule has 15 heteroatoms. The Morgan fingerprint density at radius 1 is 0.810 bits per heavy atom. The Kier molecular flexibility index (Phi) is 13.2. The van der Waals surface area contributed by atoms with Crippen LogP contribution in [0.1, 0.15) is 88.3 Å². The van der Waals surface area contributed by atoms with Gasteiger partial charge in [0.1, 0.15) is 17.7 Å².